The van der Waals surface area contributed by atoms with E-state index in [-0.39, 0.29) is 18.2 Å². The zero-order valence-corrected chi connectivity index (χ0v) is 13.3. The van der Waals surface area contributed by atoms with E-state index in [0.29, 0.717) is 12.8 Å². The maximum Gasteiger partial charge on any atom is 0.410 e. The minimum atomic E-state index is -0.580. The first-order chi connectivity index (χ1) is 9.24. The van der Waals surface area contributed by atoms with Gasteiger partial charge in [-0.15, -0.1) is 0 Å². The van der Waals surface area contributed by atoms with Crippen molar-refractivity contribution in [3.8, 4) is 0 Å². The van der Waals surface area contributed by atoms with Gasteiger partial charge in [0.25, 0.3) is 0 Å². The largest absolute Gasteiger partial charge is 0.444 e. The number of carbonyl (C=O) groups excluding carboxylic acids is 1. The summed E-state index contributed by atoms with van der Waals surface area (Å²) < 4.78 is 5.55. The molecule has 2 aliphatic rings. The second kappa shape index (κ2) is 5.55. The molecule has 20 heavy (non-hydrogen) atoms. The Morgan fingerprint density at radius 1 is 1.30 bits per heavy atom. The summed E-state index contributed by atoms with van der Waals surface area (Å²) in [4.78, 5) is 14.3. The highest BCUT2D eigenvalue weighted by molar-refractivity contribution is 5.69. The molecule has 0 aromatic heterocycles. The number of amides is 1. The maximum absolute atomic E-state index is 12.4. The van der Waals surface area contributed by atoms with Gasteiger partial charge in [0.05, 0.1) is 5.60 Å². The molecule has 116 valence electrons. The number of nitrogens with zero attached hydrogens (tertiary/aromatic N) is 1. The van der Waals surface area contributed by atoms with Crippen LogP contribution in [0.1, 0.15) is 72.6 Å². The minimum Gasteiger partial charge on any atom is -0.444 e. The molecule has 1 N–H and O–H groups in total. The molecule has 0 aromatic carbocycles. The van der Waals surface area contributed by atoms with Crippen LogP contribution in [0.5, 0.6) is 0 Å². The molecule has 2 atom stereocenters. The fourth-order valence-corrected chi connectivity index (χ4v) is 3.81. The summed E-state index contributed by atoms with van der Waals surface area (Å²) in [7, 11) is 0. The van der Waals surface area contributed by atoms with E-state index in [1.165, 1.54) is 0 Å². The Hall–Kier alpha value is -0.770. The highest BCUT2D eigenvalue weighted by Crippen LogP contribution is 2.41. The lowest BCUT2D eigenvalue weighted by Gasteiger charge is -2.51. The fourth-order valence-electron chi connectivity index (χ4n) is 3.81. The van der Waals surface area contributed by atoms with Gasteiger partial charge in [-0.05, 0) is 59.3 Å². The van der Waals surface area contributed by atoms with E-state index in [1.54, 1.807) is 0 Å². The van der Waals surface area contributed by atoms with Gasteiger partial charge in [0.1, 0.15) is 5.60 Å². The normalized spacial score (nSPS) is 34.0. The number of hydrogen-bond donors (Lipinski definition) is 1. The van der Waals surface area contributed by atoms with Crippen LogP contribution in [-0.2, 0) is 4.74 Å². The van der Waals surface area contributed by atoms with Crippen molar-refractivity contribution in [1.29, 1.82) is 0 Å². The van der Waals surface area contributed by atoms with Crippen molar-refractivity contribution < 1.29 is 14.6 Å². The summed E-state index contributed by atoms with van der Waals surface area (Å²) in [5.41, 5.74) is -1.04. The van der Waals surface area contributed by atoms with Crippen molar-refractivity contribution >= 4 is 6.09 Å². The van der Waals surface area contributed by atoms with Crippen LogP contribution in [0.4, 0.5) is 4.79 Å². The van der Waals surface area contributed by atoms with Gasteiger partial charge in [0.2, 0.25) is 0 Å². The molecule has 1 amide bonds. The highest BCUT2D eigenvalue weighted by atomic mass is 16.6. The van der Waals surface area contributed by atoms with Crippen LogP contribution in [0.3, 0.4) is 0 Å². The molecule has 0 saturated carbocycles. The topological polar surface area (TPSA) is 49.8 Å². The molecule has 0 aromatic rings. The molecule has 2 saturated heterocycles. The number of hydrogen-bond acceptors (Lipinski definition) is 3. The van der Waals surface area contributed by atoms with Gasteiger partial charge in [-0.3, -0.25) is 0 Å². The Morgan fingerprint density at radius 3 is 2.30 bits per heavy atom. The summed E-state index contributed by atoms with van der Waals surface area (Å²) >= 11 is 0. The van der Waals surface area contributed by atoms with Crippen LogP contribution in [0.2, 0.25) is 0 Å². The van der Waals surface area contributed by atoms with Crippen LogP contribution < -0.4 is 0 Å². The molecule has 4 nitrogen and oxygen atoms in total. The molecule has 0 radical (unpaired) electrons. The third-order valence-corrected chi connectivity index (χ3v) is 4.41. The van der Waals surface area contributed by atoms with Gasteiger partial charge >= 0.3 is 6.09 Å². The van der Waals surface area contributed by atoms with Crippen molar-refractivity contribution in [2.24, 2.45) is 0 Å². The lowest BCUT2D eigenvalue weighted by atomic mass is 9.74. The number of fused-ring (bicyclic) bond motifs is 2. The number of piperidine rings is 2. The van der Waals surface area contributed by atoms with Crippen molar-refractivity contribution in [3.63, 3.8) is 0 Å². The van der Waals surface area contributed by atoms with Crippen LogP contribution in [0.15, 0.2) is 0 Å². The Kier molecular flexibility index (Phi) is 4.33. The van der Waals surface area contributed by atoms with Gasteiger partial charge in [-0.25, -0.2) is 4.79 Å². The van der Waals surface area contributed by atoms with E-state index in [4.69, 9.17) is 4.74 Å². The van der Waals surface area contributed by atoms with Crippen LogP contribution >= 0.6 is 0 Å². The lowest BCUT2D eigenvalue weighted by Crippen LogP contribution is -2.60. The first-order valence-electron chi connectivity index (χ1n) is 7.98. The average Bonchev–Trinajstić information content (AvgIpc) is 2.24. The molecular formula is C16H29NO3. The van der Waals surface area contributed by atoms with Crippen LogP contribution in [0.25, 0.3) is 0 Å². The monoisotopic (exact) mass is 283 g/mol. The molecule has 2 fully saturated rings. The Morgan fingerprint density at radius 2 is 1.85 bits per heavy atom. The molecule has 2 bridgehead atoms. The number of ether oxygens (including phenoxy) is 1. The van der Waals surface area contributed by atoms with Gasteiger partial charge in [0, 0.05) is 12.1 Å². The summed E-state index contributed by atoms with van der Waals surface area (Å²) in [6, 6.07) is 0.294. The van der Waals surface area contributed by atoms with Crippen LogP contribution in [0, 0.1) is 0 Å². The number of carbonyl (C=O) groups is 1. The van der Waals surface area contributed by atoms with E-state index < -0.39 is 11.2 Å². The zero-order valence-electron chi connectivity index (χ0n) is 13.3. The lowest BCUT2D eigenvalue weighted by molar-refractivity contribution is -0.0959. The molecule has 4 heteroatoms. The molecule has 2 unspecified atom stereocenters. The molecule has 2 heterocycles. The quantitative estimate of drug-likeness (QED) is 0.844. The third kappa shape index (κ3) is 3.46. The first kappa shape index (κ1) is 15.6. The molecule has 0 aliphatic carbocycles. The van der Waals surface area contributed by atoms with Gasteiger partial charge in [0.15, 0.2) is 0 Å². The minimum absolute atomic E-state index is 0.147. The predicted octanol–water partition coefficient (Wildman–Crippen LogP) is 3.47. The van der Waals surface area contributed by atoms with E-state index in [2.05, 4.69) is 6.92 Å². The Bertz CT molecular complexity index is 347. The summed E-state index contributed by atoms with van der Waals surface area (Å²) in [5.74, 6) is 0. The summed E-state index contributed by atoms with van der Waals surface area (Å²) in [5, 5.41) is 10.7. The van der Waals surface area contributed by atoms with Crippen molar-refractivity contribution in [3.05, 3.63) is 0 Å². The van der Waals surface area contributed by atoms with Crippen molar-refractivity contribution in [2.45, 2.75) is 95.9 Å². The van der Waals surface area contributed by atoms with Crippen molar-refractivity contribution in [1.82, 2.24) is 4.90 Å². The number of aliphatic hydroxyl groups is 1. The summed E-state index contributed by atoms with van der Waals surface area (Å²) in [6.45, 7) is 7.81. The summed E-state index contributed by atoms with van der Waals surface area (Å²) in [6.07, 6.45) is 6.16. The molecule has 0 spiro atoms. The Balaban J connectivity index is 2.10. The molecular weight excluding hydrogens is 254 g/mol. The average molecular weight is 283 g/mol. The second-order valence-corrected chi connectivity index (χ2v) is 7.51. The van der Waals surface area contributed by atoms with Gasteiger partial charge in [-0.2, -0.15) is 0 Å². The SMILES string of the molecule is CCCC1(O)CC2CCCC(C1)N2C(=O)OC(C)(C)C. The predicted molar refractivity (Wildman–Crippen MR) is 78.6 cm³/mol. The van der Waals surface area contributed by atoms with E-state index >= 15 is 0 Å². The van der Waals surface area contributed by atoms with Gasteiger partial charge < -0.3 is 14.7 Å². The number of rotatable bonds is 2. The molecule has 2 aliphatic heterocycles. The zero-order chi connectivity index (χ0) is 15.0. The van der Waals surface area contributed by atoms with E-state index in [0.717, 1.165) is 32.1 Å². The third-order valence-electron chi connectivity index (χ3n) is 4.41. The second-order valence-electron chi connectivity index (χ2n) is 7.51. The standard InChI is InChI=1S/C16H29NO3/c1-5-9-16(19)10-12-7-6-8-13(11-16)17(12)14(18)20-15(2,3)4/h12-13,19H,5-11H2,1-4H3. The maximum atomic E-state index is 12.4. The molecule has 2 rings (SSSR count). The van der Waals surface area contributed by atoms with E-state index in [1.807, 2.05) is 25.7 Å². The smallest absolute Gasteiger partial charge is 0.410 e. The van der Waals surface area contributed by atoms with Crippen LogP contribution in [-0.4, -0.2) is 39.4 Å². The van der Waals surface area contributed by atoms with Crippen molar-refractivity contribution in [2.75, 3.05) is 0 Å². The van der Waals surface area contributed by atoms with E-state index in [9.17, 15) is 9.90 Å². The first-order valence-corrected chi connectivity index (χ1v) is 7.98. The Labute approximate surface area is 122 Å². The fraction of sp³-hybridized carbons (Fsp3) is 0.938. The highest BCUT2D eigenvalue weighted by Gasteiger charge is 2.47. The van der Waals surface area contributed by atoms with Gasteiger partial charge in [-0.1, -0.05) is 13.3 Å².